The van der Waals surface area contributed by atoms with Gasteiger partial charge in [0.2, 0.25) is 0 Å². The fraction of sp³-hybridized carbons (Fsp3) is 0.231. The van der Waals surface area contributed by atoms with Crippen molar-refractivity contribution in [3.8, 4) is 0 Å². The van der Waals surface area contributed by atoms with Crippen molar-refractivity contribution in [2.75, 3.05) is 11.7 Å². The molecule has 0 amide bonds. The maximum Gasteiger partial charge on any atom is 0.157 e. The molecule has 2 aromatic rings. The molecule has 1 aliphatic rings. The minimum atomic E-state index is 0.178. The lowest BCUT2D eigenvalue weighted by Crippen LogP contribution is -2.22. The second kappa shape index (κ2) is 4.92. The predicted octanol–water partition coefficient (Wildman–Crippen LogP) is 3.01. The van der Waals surface area contributed by atoms with Crippen LogP contribution in [0.1, 0.15) is 18.0 Å². The zero-order chi connectivity index (χ0) is 12.4. The smallest absolute Gasteiger partial charge is 0.157 e. The maximum absolute atomic E-state index is 5.88. The van der Waals surface area contributed by atoms with Gasteiger partial charge in [-0.1, -0.05) is 41.9 Å². The number of anilines is 1. The number of halogens is 1. The number of hydrogen-bond donors (Lipinski definition) is 0. The van der Waals surface area contributed by atoms with Gasteiger partial charge < -0.3 is 0 Å². The van der Waals surface area contributed by atoms with Crippen molar-refractivity contribution in [1.29, 1.82) is 0 Å². The van der Waals surface area contributed by atoms with Gasteiger partial charge in [0.15, 0.2) is 5.82 Å². The summed E-state index contributed by atoms with van der Waals surface area (Å²) in [7, 11) is 0. The molecule has 2 heterocycles. The Balaban J connectivity index is 1.92. The first kappa shape index (κ1) is 11.4. The molecule has 92 valence electrons. The standard InChI is InChI=1S/C13H12ClN3O/c14-12-8-13(16-9-15-12)17-11(6-7-18-17)10-4-2-1-3-5-10/h1-5,8-9,11H,6-7H2. The number of hydrogen-bond acceptors (Lipinski definition) is 4. The first-order valence-corrected chi connectivity index (χ1v) is 6.17. The van der Waals surface area contributed by atoms with Crippen LogP contribution in [-0.4, -0.2) is 16.6 Å². The molecular weight excluding hydrogens is 250 g/mol. The van der Waals surface area contributed by atoms with E-state index in [4.69, 9.17) is 16.4 Å². The normalized spacial score (nSPS) is 19.2. The minimum absolute atomic E-state index is 0.178. The second-order valence-corrected chi connectivity index (χ2v) is 4.46. The Hall–Kier alpha value is -1.65. The zero-order valence-electron chi connectivity index (χ0n) is 9.66. The van der Waals surface area contributed by atoms with Gasteiger partial charge >= 0.3 is 0 Å². The summed E-state index contributed by atoms with van der Waals surface area (Å²) in [5.41, 5.74) is 1.21. The van der Waals surface area contributed by atoms with Crippen LogP contribution in [0.25, 0.3) is 0 Å². The van der Waals surface area contributed by atoms with Crippen LogP contribution in [-0.2, 0) is 4.84 Å². The van der Waals surface area contributed by atoms with E-state index < -0.39 is 0 Å². The van der Waals surface area contributed by atoms with Gasteiger partial charge in [-0.15, -0.1) is 0 Å². The Kier molecular flexibility index (Phi) is 3.13. The van der Waals surface area contributed by atoms with E-state index in [1.54, 1.807) is 6.07 Å². The Labute approximate surface area is 110 Å². The summed E-state index contributed by atoms with van der Waals surface area (Å²) in [6.07, 6.45) is 2.38. The van der Waals surface area contributed by atoms with E-state index >= 15 is 0 Å². The molecule has 1 aromatic heterocycles. The van der Waals surface area contributed by atoms with Crippen molar-refractivity contribution in [1.82, 2.24) is 9.97 Å². The summed E-state index contributed by atoms with van der Waals surface area (Å²) < 4.78 is 0. The molecule has 0 bridgehead atoms. The first-order chi connectivity index (χ1) is 8.84. The molecule has 4 nitrogen and oxygen atoms in total. The highest BCUT2D eigenvalue weighted by Gasteiger charge is 2.28. The summed E-state index contributed by atoms with van der Waals surface area (Å²) in [6.45, 7) is 0.682. The molecule has 5 heteroatoms. The van der Waals surface area contributed by atoms with E-state index in [9.17, 15) is 0 Å². The highest BCUT2D eigenvalue weighted by Crippen LogP contribution is 2.33. The molecule has 0 aliphatic carbocycles. The average Bonchev–Trinajstić information content (AvgIpc) is 2.89. The van der Waals surface area contributed by atoms with Crippen LogP contribution >= 0.6 is 11.6 Å². The molecule has 1 unspecified atom stereocenters. The van der Waals surface area contributed by atoms with Crippen LogP contribution in [0.3, 0.4) is 0 Å². The van der Waals surface area contributed by atoms with Crippen molar-refractivity contribution >= 4 is 17.4 Å². The topological polar surface area (TPSA) is 38.2 Å². The highest BCUT2D eigenvalue weighted by molar-refractivity contribution is 6.29. The Morgan fingerprint density at radius 1 is 1.22 bits per heavy atom. The van der Waals surface area contributed by atoms with Crippen LogP contribution in [0.4, 0.5) is 5.82 Å². The van der Waals surface area contributed by atoms with Crippen LogP contribution in [0.5, 0.6) is 0 Å². The van der Waals surface area contributed by atoms with Crippen LogP contribution in [0, 0.1) is 0 Å². The molecule has 1 aliphatic heterocycles. The molecule has 0 N–H and O–H groups in total. The van der Waals surface area contributed by atoms with E-state index in [0.717, 1.165) is 6.42 Å². The molecule has 18 heavy (non-hydrogen) atoms. The fourth-order valence-electron chi connectivity index (χ4n) is 2.12. The third-order valence-electron chi connectivity index (χ3n) is 2.93. The molecule has 1 atom stereocenters. The lowest BCUT2D eigenvalue weighted by molar-refractivity contribution is 0.157. The van der Waals surface area contributed by atoms with Gasteiger partial charge in [0.05, 0.1) is 12.6 Å². The molecule has 0 radical (unpaired) electrons. The Bertz CT molecular complexity index is 535. The number of nitrogens with zero attached hydrogens (tertiary/aromatic N) is 3. The van der Waals surface area contributed by atoms with Crippen molar-refractivity contribution in [3.05, 3.63) is 53.4 Å². The third-order valence-corrected chi connectivity index (χ3v) is 3.14. The average molecular weight is 262 g/mol. The van der Waals surface area contributed by atoms with Gasteiger partial charge in [0, 0.05) is 12.5 Å². The number of hydroxylamine groups is 1. The summed E-state index contributed by atoms with van der Waals surface area (Å²) in [5.74, 6) is 0.696. The quantitative estimate of drug-likeness (QED) is 0.779. The van der Waals surface area contributed by atoms with E-state index in [2.05, 4.69) is 22.1 Å². The third kappa shape index (κ3) is 2.17. The van der Waals surface area contributed by atoms with Gasteiger partial charge in [-0.25, -0.2) is 15.0 Å². The van der Waals surface area contributed by atoms with Crippen molar-refractivity contribution in [2.24, 2.45) is 0 Å². The second-order valence-electron chi connectivity index (χ2n) is 4.07. The Morgan fingerprint density at radius 3 is 2.83 bits per heavy atom. The van der Waals surface area contributed by atoms with E-state index in [-0.39, 0.29) is 6.04 Å². The predicted molar refractivity (Wildman–Crippen MR) is 69.3 cm³/mol. The molecule has 1 fully saturated rings. The fourth-order valence-corrected chi connectivity index (χ4v) is 2.26. The molecule has 1 saturated heterocycles. The van der Waals surface area contributed by atoms with Crippen molar-refractivity contribution in [2.45, 2.75) is 12.5 Å². The molecule has 0 spiro atoms. The summed E-state index contributed by atoms with van der Waals surface area (Å²) in [4.78, 5) is 13.7. The van der Waals surface area contributed by atoms with Crippen molar-refractivity contribution < 1.29 is 4.84 Å². The van der Waals surface area contributed by atoms with Gasteiger partial charge in [0.25, 0.3) is 0 Å². The minimum Gasteiger partial charge on any atom is -0.271 e. The molecule has 3 rings (SSSR count). The van der Waals surface area contributed by atoms with Crippen LogP contribution < -0.4 is 5.06 Å². The summed E-state index contributed by atoms with van der Waals surface area (Å²) in [6, 6.07) is 12.1. The Morgan fingerprint density at radius 2 is 2.06 bits per heavy atom. The summed E-state index contributed by atoms with van der Waals surface area (Å²) in [5, 5.41) is 2.23. The molecule has 1 aromatic carbocycles. The van der Waals surface area contributed by atoms with Gasteiger partial charge in [-0.05, 0) is 5.56 Å². The summed E-state index contributed by atoms with van der Waals surface area (Å²) >= 11 is 5.88. The monoisotopic (exact) mass is 261 g/mol. The zero-order valence-corrected chi connectivity index (χ0v) is 10.4. The molecular formula is C13H12ClN3O. The van der Waals surface area contributed by atoms with Gasteiger partial charge in [0.1, 0.15) is 11.5 Å². The largest absolute Gasteiger partial charge is 0.271 e. The lowest BCUT2D eigenvalue weighted by Gasteiger charge is -2.23. The first-order valence-electron chi connectivity index (χ1n) is 5.79. The SMILES string of the molecule is Clc1cc(N2OCCC2c2ccccc2)ncn1. The lowest BCUT2D eigenvalue weighted by atomic mass is 10.0. The van der Waals surface area contributed by atoms with Crippen LogP contribution in [0.2, 0.25) is 5.15 Å². The van der Waals surface area contributed by atoms with E-state index in [1.165, 1.54) is 11.9 Å². The van der Waals surface area contributed by atoms with E-state index in [0.29, 0.717) is 17.6 Å². The highest BCUT2D eigenvalue weighted by atomic mass is 35.5. The van der Waals surface area contributed by atoms with Gasteiger partial charge in [-0.3, -0.25) is 4.84 Å². The van der Waals surface area contributed by atoms with Crippen molar-refractivity contribution in [3.63, 3.8) is 0 Å². The number of aromatic nitrogens is 2. The molecule has 0 saturated carbocycles. The van der Waals surface area contributed by atoms with E-state index in [1.807, 2.05) is 23.3 Å². The van der Waals surface area contributed by atoms with Crippen LogP contribution in [0.15, 0.2) is 42.7 Å². The number of rotatable bonds is 2. The maximum atomic E-state index is 5.88. The number of benzene rings is 1. The van der Waals surface area contributed by atoms with Gasteiger partial charge in [-0.2, -0.15) is 0 Å².